The molecule has 2 aliphatic rings. The predicted molar refractivity (Wildman–Crippen MR) is 91.1 cm³/mol. The molecule has 0 aromatic rings. The van der Waals surface area contributed by atoms with E-state index in [1.54, 1.807) is 0 Å². The van der Waals surface area contributed by atoms with E-state index in [0.717, 1.165) is 24.2 Å². The van der Waals surface area contributed by atoms with E-state index >= 15 is 0 Å². The first-order valence-corrected chi connectivity index (χ1v) is 8.99. The summed E-state index contributed by atoms with van der Waals surface area (Å²) >= 11 is 0. The second kappa shape index (κ2) is 7.09. The molecule has 24 heavy (non-hydrogen) atoms. The summed E-state index contributed by atoms with van der Waals surface area (Å²) < 4.78 is 0. The van der Waals surface area contributed by atoms with Crippen LogP contribution in [0.2, 0.25) is 0 Å². The molecule has 1 heterocycles. The van der Waals surface area contributed by atoms with Gasteiger partial charge < -0.3 is 16.4 Å². The Morgan fingerprint density at radius 1 is 1.38 bits per heavy atom. The van der Waals surface area contributed by atoms with Gasteiger partial charge in [-0.25, -0.2) is 4.79 Å². The van der Waals surface area contributed by atoms with E-state index in [-0.39, 0.29) is 24.3 Å². The average molecular weight is 338 g/mol. The summed E-state index contributed by atoms with van der Waals surface area (Å²) in [5.41, 5.74) is 4.49. The number of nitrogens with two attached hydrogens (primary N) is 1. The maximum Gasteiger partial charge on any atom is 0.325 e. The Morgan fingerprint density at radius 3 is 2.58 bits per heavy atom. The summed E-state index contributed by atoms with van der Waals surface area (Å²) in [5.74, 6) is -0.514. The van der Waals surface area contributed by atoms with Gasteiger partial charge in [0.2, 0.25) is 5.91 Å². The summed E-state index contributed by atoms with van der Waals surface area (Å²) in [6.07, 6.45) is 4.94. The summed E-state index contributed by atoms with van der Waals surface area (Å²) in [5, 5.41) is 5.77. The Morgan fingerprint density at radius 2 is 2.04 bits per heavy atom. The Bertz CT molecular complexity index is 510. The van der Waals surface area contributed by atoms with Gasteiger partial charge >= 0.3 is 6.03 Å². The molecular formula is C17H30N4O3. The van der Waals surface area contributed by atoms with Crippen molar-refractivity contribution >= 4 is 17.8 Å². The van der Waals surface area contributed by atoms with Crippen molar-refractivity contribution in [3.8, 4) is 0 Å². The number of carbonyl (C=O) groups excluding carboxylic acids is 3. The van der Waals surface area contributed by atoms with Crippen LogP contribution in [0.1, 0.15) is 59.3 Å². The van der Waals surface area contributed by atoms with Crippen LogP contribution in [0.4, 0.5) is 4.79 Å². The van der Waals surface area contributed by atoms with Crippen molar-refractivity contribution in [3.63, 3.8) is 0 Å². The fraction of sp³-hybridized carbons (Fsp3) is 0.824. The summed E-state index contributed by atoms with van der Waals surface area (Å²) in [7, 11) is 0. The van der Waals surface area contributed by atoms with Crippen molar-refractivity contribution in [2.45, 2.75) is 70.4 Å². The fourth-order valence-corrected chi connectivity index (χ4v) is 3.88. The van der Waals surface area contributed by atoms with Crippen LogP contribution in [0, 0.1) is 5.92 Å². The van der Waals surface area contributed by atoms with Gasteiger partial charge in [-0.05, 0) is 31.6 Å². The van der Waals surface area contributed by atoms with E-state index in [2.05, 4.69) is 10.6 Å². The zero-order chi connectivity index (χ0) is 18.0. The summed E-state index contributed by atoms with van der Waals surface area (Å²) in [4.78, 5) is 38.6. The lowest BCUT2D eigenvalue weighted by Gasteiger charge is -2.37. The lowest BCUT2D eigenvalue weighted by molar-refractivity contribution is -0.137. The minimum Gasteiger partial charge on any atom is -0.348 e. The quantitative estimate of drug-likeness (QED) is 0.631. The first-order chi connectivity index (χ1) is 11.3. The number of rotatable bonds is 6. The lowest BCUT2D eigenvalue weighted by Crippen LogP contribution is -2.56. The maximum atomic E-state index is 12.9. The van der Waals surface area contributed by atoms with Crippen molar-refractivity contribution < 1.29 is 14.4 Å². The number of nitrogens with one attached hydrogen (secondary N) is 2. The molecule has 1 saturated carbocycles. The van der Waals surface area contributed by atoms with Crippen molar-refractivity contribution in [1.82, 2.24) is 15.5 Å². The fourth-order valence-electron chi connectivity index (χ4n) is 3.88. The van der Waals surface area contributed by atoms with Gasteiger partial charge in [-0.3, -0.25) is 14.5 Å². The van der Waals surface area contributed by atoms with Crippen LogP contribution in [0.3, 0.4) is 0 Å². The molecule has 0 bridgehead atoms. The Labute approximate surface area is 143 Å². The van der Waals surface area contributed by atoms with Gasteiger partial charge in [0.25, 0.3) is 5.91 Å². The highest BCUT2D eigenvalue weighted by molar-refractivity contribution is 6.09. The highest BCUT2D eigenvalue weighted by Gasteiger charge is 2.55. The third-order valence-electron chi connectivity index (χ3n) is 5.95. The van der Waals surface area contributed by atoms with Crippen LogP contribution in [-0.4, -0.2) is 46.9 Å². The van der Waals surface area contributed by atoms with E-state index < -0.39 is 17.1 Å². The van der Waals surface area contributed by atoms with Crippen LogP contribution in [0.5, 0.6) is 0 Å². The third-order valence-corrected chi connectivity index (χ3v) is 5.95. The zero-order valence-corrected chi connectivity index (χ0v) is 15.0. The van der Waals surface area contributed by atoms with Gasteiger partial charge in [0.15, 0.2) is 0 Å². The Hall–Kier alpha value is -1.63. The van der Waals surface area contributed by atoms with Gasteiger partial charge in [-0.15, -0.1) is 0 Å². The van der Waals surface area contributed by atoms with Crippen molar-refractivity contribution in [3.05, 3.63) is 0 Å². The van der Waals surface area contributed by atoms with Crippen molar-refractivity contribution in [2.75, 3.05) is 13.1 Å². The van der Waals surface area contributed by atoms with E-state index in [9.17, 15) is 14.4 Å². The summed E-state index contributed by atoms with van der Waals surface area (Å²) in [6.45, 7) is 5.99. The molecule has 2 atom stereocenters. The standard InChI is InChI=1S/C17H30N4O3/c1-4-16(5-2,11-18)19-13(22)10-21-14(23)17(20-15(21)24)9-7-6-8-12(17)3/h12H,4-11,18H2,1-3H3,(H,19,22)(H,20,24). The molecule has 0 aromatic heterocycles. The molecule has 7 nitrogen and oxygen atoms in total. The minimum atomic E-state index is -0.823. The van der Waals surface area contributed by atoms with Gasteiger partial charge in [0.1, 0.15) is 12.1 Å². The molecular weight excluding hydrogens is 308 g/mol. The van der Waals surface area contributed by atoms with Gasteiger partial charge in [-0.1, -0.05) is 33.6 Å². The number of urea groups is 1. The molecule has 4 amide bonds. The topological polar surface area (TPSA) is 105 Å². The van der Waals surface area contributed by atoms with Crippen molar-refractivity contribution in [1.29, 1.82) is 0 Å². The SMILES string of the molecule is CCC(CC)(CN)NC(=O)CN1C(=O)NC2(CCCCC2C)C1=O. The molecule has 7 heteroatoms. The Balaban J connectivity index is 2.08. The van der Waals surface area contributed by atoms with Gasteiger partial charge in [-0.2, -0.15) is 0 Å². The second-order valence-electron chi connectivity index (χ2n) is 7.18. The van der Waals surface area contributed by atoms with E-state index in [1.807, 2.05) is 20.8 Å². The van der Waals surface area contributed by atoms with E-state index in [0.29, 0.717) is 25.8 Å². The largest absolute Gasteiger partial charge is 0.348 e. The molecule has 0 aromatic carbocycles. The van der Waals surface area contributed by atoms with E-state index in [1.165, 1.54) is 0 Å². The number of hydrogen-bond donors (Lipinski definition) is 3. The smallest absolute Gasteiger partial charge is 0.325 e. The maximum absolute atomic E-state index is 12.9. The predicted octanol–water partition coefficient (Wildman–Crippen LogP) is 1.12. The van der Waals surface area contributed by atoms with Crippen LogP contribution in [0.15, 0.2) is 0 Å². The first-order valence-electron chi connectivity index (χ1n) is 8.99. The molecule has 1 saturated heterocycles. The molecule has 4 N–H and O–H groups in total. The highest BCUT2D eigenvalue weighted by atomic mass is 16.2. The normalized spacial score (nSPS) is 27.5. The van der Waals surface area contributed by atoms with Crippen LogP contribution in [-0.2, 0) is 9.59 Å². The number of amides is 4. The third kappa shape index (κ3) is 3.14. The molecule has 2 rings (SSSR count). The number of imide groups is 1. The monoisotopic (exact) mass is 338 g/mol. The highest BCUT2D eigenvalue weighted by Crippen LogP contribution is 2.38. The number of nitrogens with zero attached hydrogens (tertiary/aromatic N) is 1. The molecule has 2 unspecified atom stereocenters. The average Bonchev–Trinajstić information content (AvgIpc) is 2.81. The molecule has 0 radical (unpaired) electrons. The number of carbonyl (C=O) groups is 3. The van der Waals surface area contributed by atoms with Crippen LogP contribution < -0.4 is 16.4 Å². The first kappa shape index (κ1) is 18.7. The van der Waals surface area contributed by atoms with E-state index in [4.69, 9.17) is 5.73 Å². The zero-order valence-electron chi connectivity index (χ0n) is 15.0. The Kier molecular flexibility index (Phi) is 5.52. The second-order valence-corrected chi connectivity index (χ2v) is 7.18. The molecule has 2 fully saturated rings. The summed E-state index contributed by atoms with van der Waals surface area (Å²) in [6, 6.07) is -0.463. The lowest BCUT2D eigenvalue weighted by atomic mass is 9.73. The molecule has 1 spiro atoms. The van der Waals surface area contributed by atoms with Crippen LogP contribution >= 0.6 is 0 Å². The van der Waals surface area contributed by atoms with Crippen molar-refractivity contribution in [2.24, 2.45) is 11.7 Å². The molecule has 1 aliphatic carbocycles. The van der Waals surface area contributed by atoms with Gasteiger partial charge in [0.05, 0.1) is 5.54 Å². The molecule has 1 aliphatic heterocycles. The van der Waals surface area contributed by atoms with Gasteiger partial charge in [0, 0.05) is 6.54 Å². The minimum absolute atomic E-state index is 0.0881. The molecule has 136 valence electrons. The number of hydrogen-bond acceptors (Lipinski definition) is 4. The van der Waals surface area contributed by atoms with Crippen LogP contribution in [0.25, 0.3) is 0 Å².